The van der Waals surface area contributed by atoms with Crippen molar-refractivity contribution in [3.8, 4) is 0 Å². The van der Waals surface area contributed by atoms with Crippen molar-refractivity contribution in [2.45, 2.75) is 18.1 Å². The van der Waals surface area contributed by atoms with E-state index < -0.39 is 15.1 Å². The first kappa shape index (κ1) is 11.0. The maximum absolute atomic E-state index is 11.9. The molecule has 0 aliphatic carbocycles. The Balaban J connectivity index is 2.22. The van der Waals surface area contributed by atoms with Crippen LogP contribution in [-0.2, 0) is 9.84 Å². The predicted molar refractivity (Wildman–Crippen MR) is 63.8 cm³/mol. The molecule has 0 saturated carbocycles. The predicted octanol–water partition coefficient (Wildman–Crippen LogP) is 1.63. The van der Waals surface area contributed by atoms with Crippen LogP contribution in [0.5, 0.6) is 0 Å². The zero-order chi connectivity index (χ0) is 12.0. The van der Waals surface area contributed by atoms with Gasteiger partial charge in [-0.2, -0.15) is 0 Å². The molecule has 1 aliphatic rings. The fourth-order valence-electron chi connectivity index (χ4n) is 2.20. The summed E-state index contributed by atoms with van der Waals surface area (Å²) in [5, 5.41) is 7.86. The van der Waals surface area contributed by atoms with Crippen molar-refractivity contribution in [2.24, 2.45) is 0 Å². The molecule has 3 heterocycles. The lowest BCUT2D eigenvalue weighted by atomic mass is 10.2. The number of sulfone groups is 1. The van der Waals surface area contributed by atoms with Gasteiger partial charge in [-0.25, -0.2) is 8.42 Å². The number of pyridine rings is 1. The minimum atomic E-state index is -3.08. The molecule has 1 aliphatic heterocycles. The van der Waals surface area contributed by atoms with Gasteiger partial charge in [0.1, 0.15) is 5.25 Å². The fourth-order valence-corrected chi connectivity index (χ4v) is 4.27. The summed E-state index contributed by atoms with van der Waals surface area (Å²) in [6, 6.07) is 3.46. The number of rotatable bonds is 1. The molecule has 1 saturated heterocycles. The summed E-state index contributed by atoms with van der Waals surface area (Å²) in [6.45, 7) is 0. The first-order valence-electron chi connectivity index (χ1n) is 5.30. The summed E-state index contributed by atoms with van der Waals surface area (Å²) in [5.74, 6) is 0.702. The van der Waals surface area contributed by atoms with E-state index in [0.29, 0.717) is 29.3 Å². The summed E-state index contributed by atoms with van der Waals surface area (Å²) in [5.41, 5.74) is 0.506. The van der Waals surface area contributed by atoms with Gasteiger partial charge in [0, 0.05) is 6.20 Å². The molecule has 2 aromatic heterocycles. The monoisotopic (exact) mass is 271 g/mol. The maximum Gasteiger partial charge on any atom is 0.179 e. The second-order valence-corrected chi connectivity index (χ2v) is 6.82. The molecule has 90 valence electrons. The molecule has 7 heteroatoms. The number of halogens is 1. The Morgan fingerprint density at radius 1 is 1.41 bits per heavy atom. The molecule has 0 radical (unpaired) electrons. The van der Waals surface area contributed by atoms with E-state index in [1.807, 2.05) is 0 Å². The molecular weight excluding hydrogens is 262 g/mol. The van der Waals surface area contributed by atoms with Crippen LogP contribution in [0.2, 0.25) is 5.02 Å². The Morgan fingerprint density at radius 2 is 2.24 bits per heavy atom. The van der Waals surface area contributed by atoms with Crippen LogP contribution >= 0.6 is 11.6 Å². The highest BCUT2D eigenvalue weighted by Gasteiger charge is 2.36. The van der Waals surface area contributed by atoms with Crippen LogP contribution in [0.15, 0.2) is 18.3 Å². The van der Waals surface area contributed by atoms with E-state index in [9.17, 15) is 8.42 Å². The highest BCUT2D eigenvalue weighted by atomic mass is 35.5. The summed E-state index contributed by atoms with van der Waals surface area (Å²) >= 11 is 5.98. The van der Waals surface area contributed by atoms with E-state index in [-0.39, 0.29) is 5.75 Å². The summed E-state index contributed by atoms with van der Waals surface area (Å²) in [7, 11) is -3.08. The largest absolute Gasteiger partial charge is 0.284 e. The average Bonchev–Trinajstić information content (AvgIpc) is 2.82. The Bertz CT molecular complexity index is 680. The van der Waals surface area contributed by atoms with E-state index in [1.165, 1.54) is 0 Å². The van der Waals surface area contributed by atoms with E-state index in [2.05, 4.69) is 10.2 Å². The standard InChI is InChI=1S/C10H10ClN3O2S/c11-7-3-1-5-14-9(7)12-13-10(14)8-4-2-6-17(8,15)16/h1,3,5,8H,2,4,6H2. The molecule has 1 fully saturated rings. The molecule has 1 unspecified atom stereocenters. The highest BCUT2D eigenvalue weighted by Crippen LogP contribution is 2.34. The molecule has 0 amide bonds. The first-order valence-corrected chi connectivity index (χ1v) is 7.39. The summed E-state index contributed by atoms with van der Waals surface area (Å²) < 4.78 is 25.4. The van der Waals surface area contributed by atoms with Crippen molar-refractivity contribution in [3.05, 3.63) is 29.2 Å². The van der Waals surface area contributed by atoms with Crippen LogP contribution < -0.4 is 0 Å². The Kier molecular flexibility index (Phi) is 2.38. The lowest BCUT2D eigenvalue weighted by molar-refractivity contribution is 0.588. The topological polar surface area (TPSA) is 64.3 Å². The van der Waals surface area contributed by atoms with Gasteiger partial charge >= 0.3 is 0 Å². The van der Waals surface area contributed by atoms with Crippen molar-refractivity contribution in [1.82, 2.24) is 14.6 Å². The van der Waals surface area contributed by atoms with Crippen LogP contribution in [0.1, 0.15) is 23.9 Å². The summed E-state index contributed by atoms with van der Waals surface area (Å²) in [4.78, 5) is 0. The summed E-state index contributed by atoms with van der Waals surface area (Å²) in [6.07, 6.45) is 3.03. The molecule has 3 rings (SSSR count). The van der Waals surface area contributed by atoms with E-state index in [4.69, 9.17) is 11.6 Å². The van der Waals surface area contributed by atoms with Gasteiger partial charge in [0.25, 0.3) is 0 Å². The quantitative estimate of drug-likeness (QED) is 0.791. The Hall–Kier alpha value is -1.14. The van der Waals surface area contributed by atoms with Crippen molar-refractivity contribution in [3.63, 3.8) is 0 Å². The Labute approximate surface area is 103 Å². The van der Waals surface area contributed by atoms with Gasteiger partial charge in [-0.1, -0.05) is 11.6 Å². The minimum Gasteiger partial charge on any atom is -0.284 e. The number of hydrogen-bond donors (Lipinski definition) is 0. The number of nitrogens with zero attached hydrogens (tertiary/aromatic N) is 3. The molecule has 2 aromatic rings. The van der Waals surface area contributed by atoms with Crippen LogP contribution in [0.4, 0.5) is 0 Å². The normalized spacial score (nSPS) is 23.2. The molecule has 1 atom stereocenters. The Morgan fingerprint density at radius 3 is 2.94 bits per heavy atom. The number of hydrogen-bond acceptors (Lipinski definition) is 4. The smallest absolute Gasteiger partial charge is 0.179 e. The van der Waals surface area contributed by atoms with E-state index in [0.717, 1.165) is 0 Å². The van der Waals surface area contributed by atoms with Gasteiger partial charge in [0.05, 0.1) is 10.8 Å². The van der Waals surface area contributed by atoms with Gasteiger partial charge in [0.2, 0.25) is 0 Å². The van der Waals surface area contributed by atoms with Gasteiger partial charge in [0.15, 0.2) is 21.3 Å². The van der Waals surface area contributed by atoms with Gasteiger partial charge in [-0.15, -0.1) is 10.2 Å². The third-order valence-electron chi connectivity index (χ3n) is 3.03. The van der Waals surface area contributed by atoms with Crippen LogP contribution in [0.25, 0.3) is 5.65 Å². The van der Waals surface area contributed by atoms with Crippen LogP contribution in [-0.4, -0.2) is 28.8 Å². The lowest BCUT2D eigenvalue weighted by Crippen LogP contribution is -2.11. The zero-order valence-electron chi connectivity index (χ0n) is 8.88. The second kappa shape index (κ2) is 3.68. The van der Waals surface area contributed by atoms with E-state index in [1.54, 1.807) is 22.7 Å². The molecular formula is C10H10ClN3O2S. The van der Waals surface area contributed by atoms with Crippen LogP contribution in [0, 0.1) is 0 Å². The molecule has 17 heavy (non-hydrogen) atoms. The van der Waals surface area contributed by atoms with Gasteiger partial charge in [-0.3, -0.25) is 4.40 Å². The van der Waals surface area contributed by atoms with Crippen LogP contribution in [0.3, 0.4) is 0 Å². The maximum atomic E-state index is 11.9. The van der Waals surface area contributed by atoms with E-state index >= 15 is 0 Å². The molecule has 0 spiro atoms. The number of aromatic nitrogens is 3. The minimum absolute atomic E-state index is 0.229. The SMILES string of the molecule is O=S1(=O)CCCC1c1nnc2c(Cl)cccn12. The van der Waals surface area contributed by atoms with Gasteiger partial charge in [-0.05, 0) is 25.0 Å². The van der Waals surface area contributed by atoms with Crippen molar-refractivity contribution in [2.75, 3.05) is 5.75 Å². The highest BCUT2D eigenvalue weighted by molar-refractivity contribution is 7.91. The number of fused-ring (bicyclic) bond motifs is 1. The average molecular weight is 272 g/mol. The molecule has 5 nitrogen and oxygen atoms in total. The van der Waals surface area contributed by atoms with Crippen molar-refractivity contribution >= 4 is 27.1 Å². The lowest BCUT2D eigenvalue weighted by Gasteiger charge is -2.06. The molecule has 0 bridgehead atoms. The third-order valence-corrected chi connectivity index (χ3v) is 5.50. The van der Waals surface area contributed by atoms with Crippen molar-refractivity contribution in [1.29, 1.82) is 0 Å². The van der Waals surface area contributed by atoms with Crippen molar-refractivity contribution < 1.29 is 8.42 Å². The second-order valence-electron chi connectivity index (χ2n) is 4.11. The third kappa shape index (κ3) is 1.63. The van der Waals surface area contributed by atoms with Gasteiger partial charge < -0.3 is 0 Å². The molecule has 0 N–H and O–H groups in total. The molecule has 0 aromatic carbocycles. The fraction of sp³-hybridized carbons (Fsp3) is 0.400. The first-order chi connectivity index (χ1) is 8.09. The zero-order valence-corrected chi connectivity index (χ0v) is 10.4.